The van der Waals surface area contributed by atoms with Gasteiger partial charge in [0.25, 0.3) is 0 Å². The van der Waals surface area contributed by atoms with Crippen LogP contribution in [-0.2, 0) is 14.4 Å². The number of primary amides is 1. The summed E-state index contributed by atoms with van der Waals surface area (Å²) < 4.78 is 0. The molecule has 0 aromatic heterocycles. The molecule has 6 nitrogen and oxygen atoms in total. The summed E-state index contributed by atoms with van der Waals surface area (Å²) in [6.45, 7) is 0.541. The molecule has 1 aliphatic heterocycles. The van der Waals surface area contributed by atoms with Gasteiger partial charge in [0, 0.05) is 19.4 Å². The van der Waals surface area contributed by atoms with Gasteiger partial charge in [-0.25, -0.2) is 0 Å². The van der Waals surface area contributed by atoms with Crippen molar-refractivity contribution in [3.63, 3.8) is 0 Å². The van der Waals surface area contributed by atoms with Gasteiger partial charge in [-0.1, -0.05) is 0 Å². The smallest absolute Gasteiger partial charge is 0.303 e. The molecule has 0 saturated carbocycles. The highest BCUT2D eigenvalue weighted by Crippen LogP contribution is 2.18. The SMILES string of the molecule is NC(=O)[C@@H]1CCCN1C(=O)CCCC(=O)O. The Labute approximate surface area is 93.4 Å². The average Bonchev–Trinajstić information content (AvgIpc) is 2.65. The van der Waals surface area contributed by atoms with Crippen molar-refractivity contribution < 1.29 is 19.5 Å². The topological polar surface area (TPSA) is 101 Å². The first kappa shape index (κ1) is 12.5. The molecule has 1 atom stereocenters. The van der Waals surface area contributed by atoms with E-state index in [4.69, 9.17) is 10.8 Å². The highest BCUT2D eigenvalue weighted by atomic mass is 16.4. The summed E-state index contributed by atoms with van der Waals surface area (Å²) in [5, 5.41) is 8.43. The number of nitrogens with two attached hydrogens (primary N) is 1. The zero-order chi connectivity index (χ0) is 12.1. The molecule has 0 aliphatic carbocycles. The number of hydrogen-bond donors (Lipinski definition) is 2. The summed E-state index contributed by atoms with van der Waals surface area (Å²) in [4.78, 5) is 34.4. The van der Waals surface area contributed by atoms with E-state index in [9.17, 15) is 14.4 Å². The molecule has 0 aromatic carbocycles. The van der Waals surface area contributed by atoms with Crippen LogP contribution in [0.3, 0.4) is 0 Å². The van der Waals surface area contributed by atoms with Crippen molar-refractivity contribution in [2.75, 3.05) is 6.54 Å². The van der Waals surface area contributed by atoms with Gasteiger partial charge in [0.1, 0.15) is 6.04 Å². The van der Waals surface area contributed by atoms with Crippen LogP contribution in [0.5, 0.6) is 0 Å². The Hall–Kier alpha value is -1.59. The van der Waals surface area contributed by atoms with Crippen LogP contribution in [0, 0.1) is 0 Å². The molecule has 0 aromatic rings. The maximum Gasteiger partial charge on any atom is 0.303 e. The lowest BCUT2D eigenvalue weighted by Crippen LogP contribution is -2.43. The fraction of sp³-hybridized carbons (Fsp3) is 0.700. The van der Waals surface area contributed by atoms with Crippen LogP contribution < -0.4 is 5.73 Å². The number of likely N-dealkylation sites (tertiary alicyclic amines) is 1. The summed E-state index contributed by atoms with van der Waals surface area (Å²) in [5.41, 5.74) is 5.18. The van der Waals surface area contributed by atoms with E-state index in [-0.39, 0.29) is 18.7 Å². The molecule has 0 spiro atoms. The van der Waals surface area contributed by atoms with E-state index in [2.05, 4.69) is 0 Å². The van der Waals surface area contributed by atoms with Crippen LogP contribution in [0.4, 0.5) is 0 Å². The number of carbonyl (C=O) groups excluding carboxylic acids is 2. The summed E-state index contributed by atoms with van der Waals surface area (Å²) in [5.74, 6) is -1.58. The standard InChI is InChI=1S/C10H16N2O4/c11-10(16)7-3-2-6-12(7)8(13)4-1-5-9(14)15/h7H,1-6H2,(H2,11,16)(H,14,15)/t7-/m0/s1. The normalized spacial score (nSPS) is 19.8. The van der Waals surface area contributed by atoms with E-state index in [1.54, 1.807) is 0 Å². The lowest BCUT2D eigenvalue weighted by Gasteiger charge is -2.21. The lowest BCUT2D eigenvalue weighted by atomic mass is 10.2. The third kappa shape index (κ3) is 3.22. The summed E-state index contributed by atoms with van der Waals surface area (Å²) in [6.07, 6.45) is 1.82. The molecule has 16 heavy (non-hydrogen) atoms. The molecule has 0 radical (unpaired) electrons. The third-order valence-electron chi connectivity index (χ3n) is 2.68. The van der Waals surface area contributed by atoms with Crippen molar-refractivity contribution in [3.8, 4) is 0 Å². The summed E-state index contributed by atoms with van der Waals surface area (Å²) >= 11 is 0. The summed E-state index contributed by atoms with van der Waals surface area (Å²) in [7, 11) is 0. The minimum Gasteiger partial charge on any atom is -0.481 e. The fourth-order valence-corrected chi connectivity index (χ4v) is 1.90. The first-order valence-corrected chi connectivity index (χ1v) is 5.33. The largest absolute Gasteiger partial charge is 0.481 e. The molecule has 3 N–H and O–H groups in total. The molecule has 0 unspecified atom stereocenters. The molecule has 1 saturated heterocycles. The van der Waals surface area contributed by atoms with E-state index in [1.807, 2.05) is 0 Å². The average molecular weight is 228 g/mol. The molecular weight excluding hydrogens is 212 g/mol. The Bertz CT molecular complexity index is 303. The summed E-state index contributed by atoms with van der Waals surface area (Å²) in [6, 6.07) is -0.502. The van der Waals surface area contributed by atoms with Gasteiger partial charge in [-0.05, 0) is 19.3 Å². The molecule has 6 heteroatoms. The number of rotatable bonds is 5. The zero-order valence-electron chi connectivity index (χ0n) is 9.02. The maximum absolute atomic E-state index is 11.7. The lowest BCUT2D eigenvalue weighted by molar-refractivity contribution is -0.139. The number of aliphatic carboxylic acids is 1. The minimum absolute atomic E-state index is 0.0270. The van der Waals surface area contributed by atoms with Crippen molar-refractivity contribution >= 4 is 17.8 Å². The van der Waals surface area contributed by atoms with Gasteiger partial charge in [0.15, 0.2) is 0 Å². The number of hydrogen-bond acceptors (Lipinski definition) is 3. The van der Waals surface area contributed by atoms with Gasteiger partial charge in [-0.3, -0.25) is 14.4 Å². The second kappa shape index (κ2) is 5.48. The zero-order valence-corrected chi connectivity index (χ0v) is 9.02. The van der Waals surface area contributed by atoms with Gasteiger partial charge in [0.05, 0.1) is 0 Å². The second-order valence-corrected chi connectivity index (χ2v) is 3.89. The number of carboxylic acid groups (broad SMARTS) is 1. The molecular formula is C10H16N2O4. The number of nitrogens with zero attached hydrogens (tertiary/aromatic N) is 1. The maximum atomic E-state index is 11.7. The Morgan fingerprint density at radius 2 is 2.00 bits per heavy atom. The second-order valence-electron chi connectivity index (χ2n) is 3.89. The molecule has 1 fully saturated rings. The highest BCUT2D eigenvalue weighted by molar-refractivity contribution is 5.87. The van der Waals surface area contributed by atoms with Crippen molar-refractivity contribution in [1.82, 2.24) is 4.90 Å². The van der Waals surface area contributed by atoms with E-state index < -0.39 is 17.9 Å². The minimum atomic E-state index is -0.916. The number of carbonyl (C=O) groups is 3. The monoisotopic (exact) mass is 228 g/mol. The van der Waals surface area contributed by atoms with Crippen LogP contribution in [0.25, 0.3) is 0 Å². The van der Waals surface area contributed by atoms with E-state index in [1.165, 1.54) is 4.90 Å². The van der Waals surface area contributed by atoms with Gasteiger partial charge in [-0.2, -0.15) is 0 Å². The Morgan fingerprint density at radius 1 is 1.31 bits per heavy atom. The van der Waals surface area contributed by atoms with Crippen molar-refractivity contribution in [2.24, 2.45) is 5.73 Å². The Kier molecular flexibility index (Phi) is 4.28. The van der Waals surface area contributed by atoms with Crippen LogP contribution in [0.2, 0.25) is 0 Å². The van der Waals surface area contributed by atoms with Gasteiger partial charge in [0.2, 0.25) is 11.8 Å². The van der Waals surface area contributed by atoms with E-state index >= 15 is 0 Å². The number of amides is 2. The molecule has 1 heterocycles. The van der Waals surface area contributed by atoms with Gasteiger partial charge in [-0.15, -0.1) is 0 Å². The predicted octanol–water partition coefficient (Wildman–Crippen LogP) is -0.282. The molecule has 1 rings (SSSR count). The first-order valence-electron chi connectivity index (χ1n) is 5.33. The Morgan fingerprint density at radius 3 is 2.56 bits per heavy atom. The van der Waals surface area contributed by atoms with E-state index in [0.717, 1.165) is 6.42 Å². The third-order valence-corrected chi connectivity index (χ3v) is 2.68. The molecule has 1 aliphatic rings. The quantitative estimate of drug-likeness (QED) is 0.675. The molecule has 90 valence electrons. The number of carboxylic acids is 1. The fourth-order valence-electron chi connectivity index (χ4n) is 1.90. The highest BCUT2D eigenvalue weighted by Gasteiger charge is 2.31. The van der Waals surface area contributed by atoms with Crippen molar-refractivity contribution in [1.29, 1.82) is 0 Å². The van der Waals surface area contributed by atoms with Gasteiger partial charge >= 0.3 is 5.97 Å². The predicted molar refractivity (Wildman–Crippen MR) is 55.4 cm³/mol. The van der Waals surface area contributed by atoms with Crippen LogP contribution in [-0.4, -0.2) is 40.4 Å². The van der Waals surface area contributed by atoms with Gasteiger partial charge < -0.3 is 15.7 Å². The van der Waals surface area contributed by atoms with Crippen molar-refractivity contribution in [3.05, 3.63) is 0 Å². The van der Waals surface area contributed by atoms with Crippen LogP contribution in [0.15, 0.2) is 0 Å². The van der Waals surface area contributed by atoms with Crippen LogP contribution >= 0.6 is 0 Å². The molecule has 0 bridgehead atoms. The van der Waals surface area contributed by atoms with Crippen LogP contribution in [0.1, 0.15) is 32.1 Å². The molecule has 2 amide bonds. The van der Waals surface area contributed by atoms with E-state index in [0.29, 0.717) is 19.4 Å². The first-order chi connectivity index (χ1) is 7.52. The Balaban J connectivity index is 2.41. The van der Waals surface area contributed by atoms with Crippen molar-refractivity contribution in [2.45, 2.75) is 38.1 Å².